The molecule has 2 rings (SSSR count). The van der Waals surface area contributed by atoms with Crippen LogP contribution in [0.4, 0.5) is 0 Å². The maximum atomic E-state index is 12.8. The van der Waals surface area contributed by atoms with Gasteiger partial charge in [-0.05, 0) is 32.2 Å². The van der Waals surface area contributed by atoms with Gasteiger partial charge in [-0.25, -0.2) is 0 Å². The van der Waals surface area contributed by atoms with Gasteiger partial charge in [0.2, 0.25) is 5.91 Å². The van der Waals surface area contributed by atoms with Crippen molar-refractivity contribution in [3.63, 3.8) is 0 Å². The highest BCUT2D eigenvalue weighted by Gasteiger charge is 2.42. The molecule has 1 unspecified atom stereocenters. The lowest BCUT2D eigenvalue weighted by atomic mass is 9.81. The zero-order chi connectivity index (χ0) is 12.1. The molecule has 2 fully saturated rings. The molecule has 0 aliphatic carbocycles. The number of nitrogens with one attached hydrogen (secondary N) is 1. The standard InChI is InChI=1S/C14H26N2O/c1-2-7-14(8-9-15-12-14)13(17)16-10-5-3-4-6-11-16/h15H,2-12H2,1H3. The van der Waals surface area contributed by atoms with Crippen LogP contribution in [-0.4, -0.2) is 37.0 Å². The molecule has 3 nitrogen and oxygen atoms in total. The molecular formula is C14H26N2O. The smallest absolute Gasteiger partial charge is 0.230 e. The Morgan fingerprint density at radius 3 is 2.47 bits per heavy atom. The molecule has 3 heteroatoms. The maximum Gasteiger partial charge on any atom is 0.230 e. The van der Waals surface area contributed by atoms with Gasteiger partial charge in [0.1, 0.15) is 0 Å². The van der Waals surface area contributed by atoms with Crippen LogP contribution in [0.25, 0.3) is 0 Å². The molecule has 17 heavy (non-hydrogen) atoms. The van der Waals surface area contributed by atoms with E-state index in [1.165, 1.54) is 25.7 Å². The second-order valence-corrected chi connectivity index (χ2v) is 5.66. The van der Waals surface area contributed by atoms with Gasteiger partial charge in [0.15, 0.2) is 0 Å². The molecule has 0 aromatic rings. The molecular weight excluding hydrogens is 212 g/mol. The van der Waals surface area contributed by atoms with E-state index in [4.69, 9.17) is 0 Å². The topological polar surface area (TPSA) is 32.3 Å². The molecule has 2 saturated heterocycles. The fourth-order valence-electron chi connectivity index (χ4n) is 3.33. The molecule has 98 valence electrons. The predicted octanol–water partition coefficient (Wildman–Crippen LogP) is 2.17. The highest BCUT2D eigenvalue weighted by atomic mass is 16.2. The predicted molar refractivity (Wildman–Crippen MR) is 69.9 cm³/mol. The van der Waals surface area contributed by atoms with Crippen molar-refractivity contribution >= 4 is 5.91 Å². The third kappa shape index (κ3) is 2.82. The molecule has 1 atom stereocenters. The van der Waals surface area contributed by atoms with Crippen molar-refractivity contribution in [2.45, 2.75) is 51.9 Å². The van der Waals surface area contributed by atoms with E-state index in [2.05, 4.69) is 17.1 Å². The Balaban J connectivity index is 2.04. The van der Waals surface area contributed by atoms with Crippen LogP contribution in [-0.2, 0) is 4.79 Å². The van der Waals surface area contributed by atoms with Crippen molar-refractivity contribution in [1.29, 1.82) is 0 Å². The molecule has 0 spiro atoms. The highest BCUT2D eigenvalue weighted by molar-refractivity contribution is 5.83. The van der Waals surface area contributed by atoms with E-state index in [9.17, 15) is 4.79 Å². The van der Waals surface area contributed by atoms with Crippen LogP contribution in [0.2, 0.25) is 0 Å². The number of carbonyl (C=O) groups excluding carboxylic acids is 1. The Kier molecular flexibility index (Phi) is 4.43. The lowest BCUT2D eigenvalue weighted by Gasteiger charge is -2.33. The Morgan fingerprint density at radius 1 is 1.24 bits per heavy atom. The molecule has 0 saturated carbocycles. The first kappa shape index (κ1) is 12.9. The van der Waals surface area contributed by atoms with Gasteiger partial charge in [0, 0.05) is 19.6 Å². The summed E-state index contributed by atoms with van der Waals surface area (Å²) in [5, 5.41) is 3.39. The van der Waals surface area contributed by atoms with Gasteiger partial charge in [-0.3, -0.25) is 4.79 Å². The maximum absolute atomic E-state index is 12.8. The van der Waals surface area contributed by atoms with Crippen LogP contribution >= 0.6 is 0 Å². The zero-order valence-electron chi connectivity index (χ0n) is 11.1. The molecule has 2 aliphatic rings. The SMILES string of the molecule is CCCC1(C(=O)N2CCCCCC2)CCNC1. The molecule has 0 radical (unpaired) electrons. The van der Waals surface area contributed by atoms with Gasteiger partial charge in [-0.1, -0.05) is 26.2 Å². The van der Waals surface area contributed by atoms with Crippen LogP contribution in [0, 0.1) is 5.41 Å². The van der Waals surface area contributed by atoms with Gasteiger partial charge in [0.05, 0.1) is 5.41 Å². The van der Waals surface area contributed by atoms with Crippen LogP contribution in [0.3, 0.4) is 0 Å². The first-order chi connectivity index (χ1) is 8.28. The van der Waals surface area contributed by atoms with Gasteiger partial charge < -0.3 is 10.2 Å². The van der Waals surface area contributed by atoms with Crippen LogP contribution < -0.4 is 5.32 Å². The number of hydrogen-bond acceptors (Lipinski definition) is 2. The van der Waals surface area contributed by atoms with Crippen molar-refractivity contribution < 1.29 is 4.79 Å². The fraction of sp³-hybridized carbons (Fsp3) is 0.929. The molecule has 1 amide bonds. The molecule has 2 heterocycles. The van der Waals surface area contributed by atoms with E-state index in [1.807, 2.05) is 0 Å². The van der Waals surface area contributed by atoms with E-state index < -0.39 is 0 Å². The fourth-order valence-corrected chi connectivity index (χ4v) is 3.33. The van der Waals surface area contributed by atoms with Crippen molar-refractivity contribution in [1.82, 2.24) is 10.2 Å². The summed E-state index contributed by atoms with van der Waals surface area (Å²) >= 11 is 0. The number of likely N-dealkylation sites (tertiary alicyclic amines) is 1. The first-order valence-corrected chi connectivity index (χ1v) is 7.29. The van der Waals surface area contributed by atoms with E-state index in [0.29, 0.717) is 5.91 Å². The summed E-state index contributed by atoms with van der Waals surface area (Å²) < 4.78 is 0. The minimum atomic E-state index is -0.0703. The number of rotatable bonds is 3. The van der Waals surface area contributed by atoms with E-state index in [0.717, 1.165) is 45.4 Å². The number of carbonyl (C=O) groups is 1. The van der Waals surface area contributed by atoms with Gasteiger partial charge >= 0.3 is 0 Å². The number of amides is 1. The molecule has 0 aromatic carbocycles. The van der Waals surface area contributed by atoms with Crippen molar-refractivity contribution in [3.8, 4) is 0 Å². The quantitative estimate of drug-likeness (QED) is 0.817. The van der Waals surface area contributed by atoms with Crippen LogP contribution in [0.5, 0.6) is 0 Å². The lowest BCUT2D eigenvalue weighted by molar-refractivity contribution is -0.141. The average molecular weight is 238 g/mol. The largest absolute Gasteiger partial charge is 0.342 e. The van der Waals surface area contributed by atoms with Crippen molar-refractivity contribution in [2.24, 2.45) is 5.41 Å². The molecule has 1 N–H and O–H groups in total. The third-order valence-corrected chi connectivity index (χ3v) is 4.32. The molecule has 0 aromatic heterocycles. The summed E-state index contributed by atoms with van der Waals surface area (Å²) in [6, 6.07) is 0. The third-order valence-electron chi connectivity index (χ3n) is 4.32. The van der Waals surface area contributed by atoms with Crippen molar-refractivity contribution in [3.05, 3.63) is 0 Å². The first-order valence-electron chi connectivity index (χ1n) is 7.29. The summed E-state index contributed by atoms with van der Waals surface area (Å²) in [4.78, 5) is 14.9. The number of nitrogens with zero attached hydrogens (tertiary/aromatic N) is 1. The monoisotopic (exact) mass is 238 g/mol. The van der Waals surface area contributed by atoms with Gasteiger partial charge in [-0.15, -0.1) is 0 Å². The van der Waals surface area contributed by atoms with Gasteiger partial charge in [0.25, 0.3) is 0 Å². The molecule has 0 bridgehead atoms. The van der Waals surface area contributed by atoms with E-state index in [1.54, 1.807) is 0 Å². The lowest BCUT2D eigenvalue weighted by Crippen LogP contribution is -2.45. The summed E-state index contributed by atoms with van der Waals surface area (Å²) in [5.41, 5.74) is -0.0703. The summed E-state index contributed by atoms with van der Waals surface area (Å²) in [6.07, 6.45) is 8.18. The molecule has 2 aliphatic heterocycles. The van der Waals surface area contributed by atoms with E-state index >= 15 is 0 Å². The van der Waals surface area contributed by atoms with Crippen LogP contribution in [0.1, 0.15) is 51.9 Å². The van der Waals surface area contributed by atoms with Gasteiger partial charge in [-0.2, -0.15) is 0 Å². The average Bonchev–Trinajstić information content (AvgIpc) is 2.65. The normalized spacial score (nSPS) is 30.3. The summed E-state index contributed by atoms with van der Waals surface area (Å²) in [5.74, 6) is 0.436. The minimum Gasteiger partial charge on any atom is -0.342 e. The summed E-state index contributed by atoms with van der Waals surface area (Å²) in [6.45, 7) is 6.08. The Morgan fingerprint density at radius 2 is 1.94 bits per heavy atom. The summed E-state index contributed by atoms with van der Waals surface area (Å²) in [7, 11) is 0. The Hall–Kier alpha value is -0.570. The second-order valence-electron chi connectivity index (χ2n) is 5.66. The number of hydrogen-bond donors (Lipinski definition) is 1. The minimum absolute atomic E-state index is 0.0703. The highest BCUT2D eigenvalue weighted by Crippen LogP contribution is 2.34. The Labute approximate surface area is 105 Å². The van der Waals surface area contributed by atoms with Crippen LogP contribution in [0.15, 0.2) is 0 Å². The van der Waals surface area contributed by atoms with Crippen molar-refractivity contribution in [2.75, 3.05) is 26.2 Å². The van der Waals surface area contributed by atoms with E-state index in [-0.39, 0.29) is 5.41 Å². The zero-order valence-corrected chi connectivity index (χ0v) is 11.1. The Bertz CT molecular complexity index is 251. The second kappa shape index (κ2) is 5.85.